The minimum absolute atomic E-state index is 0.0454. The Morgan fingerprint density at radius 2 is 1.73 bits per heavy atom. The smallest absolute Gasteiger partial charge is 0.410 e. The van der Waals surface area contributed by atoms with Gasteiger partial charge in [-0.15, -0.1) is 0 Å². The normalized spacial score (nSPS) is 14.3. The minimum atomic E-state index is -0.452. The summed E-state index contributed by atoms with van der Waals surface area (Å²) in [7, 11) is 1.62. The molecule has 2 amide bonds. The predicted molar refractivity (Wildman–Crippen MR) is 96.6 cm³/mol. The Balaban J connectivity index is 1.49. The lowest BCUT2D eigenvalue weighted by molar-refractivity contribution is -0.136. The fourth-order valence-corrected chi connectivity index (χ4v) is 2.79. The van der Waals surface area contributed by atoms with Gasteiger partial charge in [-0.1, -0.05) is 42.5 Å². The maximum absolute atomic E-state index is 12.4. The fourth-order valence-electron chi connectivity index (χ4n) is 2.79. The van der Waals surface area contributed by atoms with Gasteiger partial charge in [0, 0.05) is 19.6 Å². The molecule has 2 aromatic carbocycles. The maximum atomic E-state index is 12.4. The Morgan fingerprint density at radius 3 is 2.38 bits per heavy atom. The number of methoxy groups -OCH3 is 1. The molecule has 3 rings (SSSR count). The number of carbonyl (C=O) groups excluding carboxylic acids is 2. The van der Waals surface area contributed by atoms with E-state index in [9.17, 15) is 9.59 Å². The molecule has 1 saturated heterocycles. The average molecular weight is 354 g/mol. The molecule has 0 saturated carbocycles. The molecule has 1 aliphatic rings. The Bertz CT molecular complexity index is 746. The monoisotopic (exact) mass is 354 g/mol. The minimum Gasteiger partial charge on any atom is -0.497 e. The van der Waals surface area contributed by atoms with Gasteiger partial charge < -0.3 is 14.4 Å². The molecule has 1 heterocycles. The molecular weight excluding hydrogens is 332 g/mol. The highest BCUT2D eigenvalue weighted by Crippen LogP contribution is 2.15. The lowest BCUT2D eigenvalue weighted by atomic mass is 10.2. The Labute approximate surface area is 152 Å². The summed E-state index contributed by atoms with van der Waals surface area (Å²) in [4.78, 5) is 27.7. The van der Waals surface area contributed by atoms with E-state index in [0.29, 0.717) is 19.6 Å². The molecule has 0 atom stereocenters. The number of piperazine rings is 1. The summed E-state index contributed by atoms with van der Waals surface area (Å²) in [6, 6.07) is 17.1. The molecule has 0 spiro atoms. The number of nitrogens with zero attached hydrogens (tertiary/aromatic N) is 2. The number of benzene rings is 2. The molecule has 0 unspecified atom stereocenters. The molecule has 1 aliphatic heterocycles. The van der Waals surface area contributed by atoms with Crippen LogP contribution in [0.2, 0.25) is 0 Å². The van der Waals surface area contributed by atoms with Crippen LogP contribution in [-0.2, 0) is 22.7 Å². The van der Waals surface area contributed by atoms with E-state index >= 15 is 0 Å². The van der Waals surface area contributed by atoms with E-state index in [1.807, 2.05) is 54.6 Å². The first-order valence-electron chi connectivity index (χ1n) is 8.52. The second kappa shape index (κ2) is 8.38. The first-order chi connectivity index (χ1) is 12.7. The van der Waals surface area contributed by atoms with E-state index in [0.717, 1.165) is 16.9 Å². The van der Waals surface area contributed by atoms with Gasteiger partial charge in [0.05, 0.1) is 7.11 Å². The quantitative estimate of drug-likeness (QED) is 0.828. The van der Waals surface area contributed by atoms with Crippen LogP contribution in [0.25, 0.3) is 0 Å². The molecule has 136 valence electrons. The van der Waals surface area contributed by atoms with Gasteiger partial charge in [-0.3, -0.25) is 9.69 Å². The summed E-state index contributed by atoms with van der Waals surface area (Å²) in [5, 5.41) is 0. The van der Waals surface area contributed by atoms with Crippen LogP contribution >= 0.6 is 0 Å². The zero-order valence-electron chi connectivity index (χ0n) is 14.8. The van der Waals surface area contributed by atoms with Crippen molar-refractivity contribution in [2.24, 2.45) is 0 Å². The molecule has 0 aliphatic carbocycles. The molecule has 0 aromatic heterocycles. The second-order valence-electron chi connectivity index (χ2n) is 6.13. The van der Waals surface area contributed by atoms with Crippen molar-refractivity contribution in [2.45, 2.75) is 13.2 Å². The highest BCUT2D eigenvalue weighted by atomic mass is 16.6. The SMILES string of the molecule is COc1ccc(CN2CCN(C(=O)OCc3ccccc3)CC2=O)cc1. The number of hydrogen-bond donors (Lipinski definition) is 0. The average Bonchev–Trinajstić information content (AvgIpc) is 2.69. The van der Waals surface area contributed by atoms with E-state index in [1.54, 1.807) is 12.0 Å². The van der Waals surface area contributed by atoms with Gasteiger partial charge >= 0.3 is 6.09 Å². The van der Waals surface area contributed by atoms with Gasteiger partial charge in [-0.25, -0.2) is 4.79 Å². The third-order valence-corrected chi connectivity index (χ3v) is 4.31. The fraction of sp³-hybridized carbons (Fsp3) is 0.300. The van der Waals surface area contributed by atoms with E-state index in [1.165, 1.54) is 4.90 Å². The summed E-state index contributed by atoms with van der Waals surface area (Å²) >= 11 is 0. The van der Waals surface area contributed by atoms with Gasteiger partial charge in [0.25, 0.3) is 0 Å². The van der Waals surface area contributed by atoms with E-state index in [-0.39, 0.29) is 19.1 Å². The summed E-state index contributed by atoms with van der Waals surface area (Å²) in [6.07, 6.45) is -0.452. The van der Waals surface area contributed by atoms with E-state index in [2.05, 4.69) is 0 Å². The van der Waals surface area contributed by atoms with Crippen LogP contribution < -0.4 is 4.74 Å². The number of carbonyl (C=O) groups is 2. The van der Waals surface area contributed by atoms with Gasteiger partial charge in [-0.05, 0) is 23.3 Å². The number of amides is 2. The highest BCUT2D eigenvalue weighted by molar-refractivity contribution is 5.83. The van der Waals surface area contributed by atoms with Crippen molar-refractivity contribution < 1.29 is 19.1 Å². The van der Waals surface area contributed by atoms with Crippen molar-refractivity contribution in [1.82, 2.24) is 9.80 Å². The molecule has 0 N–H and O–H groups in total. The lowest BCUT2D eigenvalue weighted by Gasteiger charge is -2.33. The third-order valence-electron chi connectivity index (χ3n) is 4.31. The zero-order chi connectivity index (χ0) is 18.4. The Kier molecular flexibility index (Phi) is 5.73. The molecule has 1 fully saturated rings. The second-order valence-corrected chi connectivity index (χ2v) is 6.13. The summed E-state index contributed by atoms with van der Waals surface area (Å²) in [6.45, 7) is 1.74. The summed E-state index contributed by atoms with van der Waals surface area (Å²) in [5.41, 5.74) is 1.95. The number of ether oxygens (including phenoxy) is 2. The largest absolute Gasteiger partial charge is 0.497 e. The van der Waals surface area contributed by atoms with Crippen LogP contribution in [0.4, 0.5) is 4.79 Å². The topological polar surface area (TPSA) is 59.1 Å². The van der Waals surface area contributed by atoms with Crippen LogP contribution in [0.5, 0.6) is 5.75 Å². The first kappa shape index (κ1) is 17.8. The zero-order valence-corrected chi connectivity index (χ0v) is 14.8. The van der Waals surface area contributed by atoms with Crippen molar-refractivity contribution in [1.29, 1.82) is 0 Å². The molecule has 0 bridgehead atoms. The molecule has 6 nitrogen and oxygen atoms in total. The van der Waals surface area contributed by atoms with Crippen LogP contribution in [-0.4, -0.2) is 48.5 Å². The summed E-state index contributed by atoms with van der Waals surface area (Å²) < 4.78 is 10.4. The van der Waals surface area contributed by atoms with Gasteiger partial charge in [-0.2, -0.15) is 0 Å². The number of rotatable bonds is 5. The molecule has 6 heteroatoms. The Hall–Kier alpha value is -3.02. The van der Waals surface area contributed by atoms with Crippen LogP contribution in [0.1, 0.15) is 11.1 Å². The van der Waals surface area contributed by atoms with E-state index in [4.69, 9.17) is 9.47 Å². The summed E-state index contributed by atoms with van der Waals surface area (Å²) in [5.74, 6) is 0.704. The van der Waals surface area contributed by atoms with Gasteiger partial charge in [0.15, 0.2) is 0 Å². The highest BCUT2D eigenvalue weighted by Gasteiger charge is 2.28. The lowest BCUT2D eigenvalue weighted by Crippen LogP contribution is -2.51. The van der Waals surface area contributed by atoms with Crippen molar-refractivity contribution >= 4 is 12.0 Å². The van der Waals surface area contributed by atoms with Crippen molar-refractivity contribution in [3.05, 3.63) is 65.7 Å². The number of hydrogen-bond acceptors (Lipinski definition) is 4. The van der Waals surface area contributed by atoms with Crippen LogP contribution in [0.3, 0.4) is 0 Å². The van der Waals surface area contributed by atoms with Crippen LogP contribution in [0, 0.1) is 0 Å². The van der Waals surface area contributed by atoms with Gasteiger partial charge in [0.2, 0.25) is 5.91 Å². The van der Waals surface area contributed by atoms with Gasteiger partial charge in [0.1, 0.15) is 18.9 Å². The van der Waals surface area contributed by atoms with E-state index < -0.39 is 6.09 Å². The van der Waals surface area contributed by atoms with Crippen molar-refractivity contribution in [2.75, 3.05) is 26.7 Å². The van der Waals surface area contributed by atoms with Crippen molar-refractivity contribution in [3.8, 4) is 5.75 Å². The third kappa shape index (κ3) is 4.53. The maximum Gasteiger partial charge on any atom is 0.410 e. The van der Waals surface area contributed by atoms with Crippen LogP contribution in [0.15, 0.2) is 54.6 Å². The Morgan fingerprint density at radius 1 is 1.00 bits per heavy atom. The molecule has 2 aromatic rings. The molecular formula is C20H22N2O4. The molecule has 26 heavy (non-hydrogen) atoms. The standard InChI is InChI=1S/C20H22N2O4/c1-25-18-9-7-16(8-10-18)13-21-11-12-22(14-19(21)23)20(24)26-15-17-5-3-2-4-6-17/h2-10H,11-15H2,1H3. The first-order valence-corrected chi connectivity index (χ1v) is 8.52. The van der Waals surface area contributed by atoms with Crippen molar-refractivity contribution in [3.63, 3.8) is 0 Å². The molecule has 0 radical (unpaired) electrons. The predicted octanol–water partition coefficient (Wildman–Crippen LogP) is 2.68.